The summed E-state index contributed by atoms with van der Waals surface area (Å²) in [7, 11) is 2.21. The number of pyridine rings is 1. The number of benzene rings is 2. The van der Waals surface area contributed by atoms with E-state index in [1.165, 1.54) is 24.9 Å². The van der Waals surface area contributed by atoms with Gasteiger partial charge in [-0.3, -0.25) is 9.36 Å². The van der Waals surface area contributed by atoms with E-state index in [1.54, 1.807) is 34.4 Å². The Morgan fingerprint density at radius 2 is 1.96 bits per heavy atom. The molecule has 2 aliphatic heterocycles. The first-order chi connectivity index (χ1) is 22.6. The number of ether oxygens (including phenoxy) is 1. The van der Waals surface area contributed by atoms with E-state index in [2.05, 4.69) is 63.3 Å². The molecule has 46 heavy (non-hydrogen) atoms. The summed E-state index contributed by atoms with van der Waals surface area (Å²) in [6, 6.07) is 18.4. The van der Waals surface area contributed by atoms with E-state index >= 15 is 0 Å². The Morgan fingerprint density at radius 3 is 2.76 bits per heavy atom. The van der Waals surface area contributed by atoms with Gasteiger partial charge >= 0.3 is 0 Å². The molecule has 0 saturated carbocycles. The number of nitrogens with one attached hydrogen (secondary N) is 1. The van der Waals surface area contributed by atoms with Crippen molar-refractivity contribution in [3.8, 4) is 22.4 Å². The molecule has 1 N–H and O–H groups in total. The second-order valence-electron chi connectivity index (χ2n) is 12.3. The first kappa shape index (κ1) is 30.3. The van der Waals surface area contributed by atoms with Crippen LogP contribution in [0.2, 0.25) is 0 Å². The summed E-state index contributed by atoms with van der Waals surface area (Å²) in [5.41, 5.74) is 5.00. The van der Waals surface area contributed by atoms with E-state index in [9.17, 15) is 4.79 Å². The van der Waals surface area contributed by atoms with Gasteiger partial charge in [-0.15, -0.1) is 11.3 Å². The molecule has 2 aromatic carbocycles. The zero-order valence-corrected chi connectivity index (χ0v) is 26.9. The van der Waals surface area contributed by atoms with Crippen LogP contribution in [0.25, 0.3) is 21.6 Å². The lowest BCUT2D eigenvalue weighted by molar-refractivity contribution is 0.0526. The molecule has 3 aromatic heterocycles. The van der Waals surface area contributed by atoms with Crippen LogP contribution in [0.3, 0.4) is 0 Å². The smallest absolute Gasteiger partial charge is 0.268 e. The minimum absolute atomic E-state index is 0.152. The van der Waals surface area contributed by atoms with E-state index in [0.717, 1.165) is 59.4 Å². The summed E-state index contributed by atoms with van der Waals surface area (Å²) in [6.45, 7) is 3.38. The van der Waals surface area contributed by atoms with Crippen LogP contribution in [0.1, 0.15) is 48.8 Å². The summed E-state index contributed by atoms with van der Waals surface area (Å²) in [5.74, 6) is 7.47. The highest BCUT2D eigenvalue weighted by Crippen LogP contribution is 2.27. The third kappa shape index (κ3) is 7.05. The number of piperidine rings is 1. The lowest BCUT2D eigenvalue weighted by atomic mass is 9.91. The monoisotopic (exact) mass is 630 g/mol. The number of hydrogen-bond donors (Lipinski definition) is 1. The van der Waals surface area contributed by atoms with Crippen molar-refractivity contribution in [1.29, 1.82) is 0 Å². The Morgan fingerprint density at radius 1 is 1.07 bits per heavy atom. The largest absolute Gasteiger partial charge is 0.366 e. The van der Waals surface area contributed by atoms with Gasteiger partial charge in [0.05, 0.1) is 12.1 Å². The third-order valence-electron chi connectivity index (χ3n) is 8.84. The number of nitrogens with zero attached hydrogens (tertiary/aromatic N) is 5. The van der Waals surface area contributed by atoms with Crippen molar-refractivity contribution in [2.24, 2.45) is 5.92 Å². The fourth-order valence-corrected chi connectivity index (χ4v) is 7.19. The fourth-order valence-electron chi connectivity index (χ4n) is 6.49. The molecular weight excluding hydrogens is 593 g/mol. The van der Waals surface area contributed by atoms with Crippen LogP contribution in [0.5, 0.6) is 0 Å². The maximum atomic E-state index is 14.1. The summed E-state index contributed by atoms with van der Waals surface area (Å²) >= 11 is 1.58. The molecule has 2 atom stereocenters. The highest BCUT2D eigenvalue weighted by molar-refractivity contribution is 7.13. The number of rotatable bonds is 7. The van der Waals surface area contributed by atoms with E-state index in [-0.39, 0.29) is 11.7 Å². The van der Waals surface area contributed by atoms with Crippen LogP contribution >= 0.6 is 11.3 Å². The zero-order valence-electron chi connectivity index (χ0n) is 26.1. The van der Waals surface area contributed by atoms with Crippen LogP contribution in [0.4, 0.5) is 11.6 Å². The summed E-state index contributed by atoms with van der Waals surface area (Å²) < 4.78 is 7.52. The Balaban J connectivity index is 1.21. The Hall–Kier alpha value is -4.36. The topological polar surface area (TPSA) is 85.2 Å². The average Bonchev–Trinajstić information content (AvgIpc) is 3.62. The molecule has 7 rings (SSSR count). The van der Waals surface area contributed by atoms with Gasteiger partial charge in [0.1, 0.15) is 16.8 Å². The molecule has 8 nitrogen and oxygen atoms in total. The van der Waals surface area contributed by atoms with Crippen molar-refractivity contribution in [2.45, 2.75) is 51.2 Å². The summed E-state index contributed by atoms with van der Waals surface area (Å²) in [5, 5.41) is 6.98. The standard InChI is InChI=1S/C37H38N6O2S/c1-42-18-6-7-27(24-42)21-26-11-14-31(15-12-26)40-37-39-23-30-22-28(13-16-32-9-4-5-19-45-32)36(44)43(34(30)41-37)25-29-8-2-3-10-33(29)35-38-17-20-46-35/h2-3,8,10-12,14-15,17,20,22-23,27,32H,4-7,9,18-19,21,24-25H2,1H3,(H,39,40,41). The number of hydrogen-bond acceptors (Lipinski definition) is 8. The van der Waals surface area contributed by atoms with E-state index in [1.807, 2.05) is 29.6 Å². The lowest BCUT2D eigenvalue weighted by Gasteiger charge is -2.29. The van der Waals surface area contributed by atoms with Crippen LogP contribution in [0.15, 0.2) is 77.2 Å². The second kappa shape index (κ2) is 14.0. The molecule has 2 fully saturated rings. The minimum Gasteiger partial charge on any atom is -0.366 e. The van der Waals surface area contributed by atoms with Crippen LogP contribution < -0.4 is 10.9 Å². The van der Waals surface area contributed by atoms with Gasteiger partial charge in [0, 0.05) is 47.6 Å². The van der Waals surface area contributed by atoms with E-state index < -0.39 is 0 Å². The summed E-state index contributed by atoms with van der Waals surface area (Å²) in [6.07, 6.45) is 10.1. The Labute approximate surface area is 273 Å². The quantitative estimate of drug-likeness (QED) is 0.205. The third-order valence-corrected chi connectivity index (χ3v) is 9.65. The fraction of sp³-hybridized carbons (Fsp3) is 0.351. The van der Waals surface area contributed by atoms with E-state index in [4.69, 9.17) is 9.72 Å². The predicted molar refractivity (Wildman–Crippen MR) is 185 cm³/mol. The maximum Gasteiger partial charge on any atom is 0.268 e. The van der Waals surface area contributed by atoms with Crippen LogP contribution in [0, 0.1) is 17.8 Å². The number of fused-ring (bicyclic) bond motifs is 1. The number of likely N-dealkylation sites (tertiary alicyclic amines) is 1. The highest BCUT2D eigenvalue weighted by atomic mass is 32.1. The van der Waals surface area contributed by atoms with Crippen molar-refractivity contribution < 1.29 is 4.74 Å². The van der Waals surface area contributed by atoms with Gasteiger partial charge in [-0.1, -0.05) is 48.2 Å². The SMILES string of the molecule is CN1CCCC(Cc2ccc(Nc3ncc4cc(C#CC5CCCCO5)c(=O)n(Cc5ccccc5-c5nccs5)c4n3)cc2)C1. The zero-order chi connectivity index (χ0) is 31.3. The molecule has 2 saturated heterocycles. The molecule has 0 aliphatic carbocycles. The predicted octanol–water partition coefficient (Wildman–Crippen LogP) is 6.51. The molecule has 234 valence electrons. The van der Waals surface area contributed by atoms with Crippen LogP contribution in [-0.4, -0.2) is 57.3 Å². The number of aromatic nitrogens is 4. The molecule has 0 bridgehead atoms. The molecule has 9 heteroatoms. The maximum absolute atomic E-state index is 14.1. The molecule has 0 spiro atoms. The lowest BCUT2D eigenvalue weighted by Crippen LogP contribution is -2.32. The molecule has 2 aliphatic rings. The molecule has 0 radical (unpaired) electrons. The van der Waals surface area contributed by atoms with Crippen molar-refractivity contribution >= 4 is 34.0 Å². The first-order valence-electron chi connectivity index (χ1n) is 16.1. The second-order valence-corrected chi connectivity index (χ2v) is 13.2. The van der Waals surface area contributed by atoms with Gasteiger partial charge in [-0.2, -0.15) is 4.98 Å². The van der Waals surface area contributed by atoms with Crippen molar-refractivity contribution in [3.63, 3.8) is 0 Å². The molecular formula is C37H38N6O2S. The van der Waals surface area contributed by atoms with Gasteiger partial charge < -0.3 is 15.0 Å². The number of anilines is 2. The molecule has 5 heterocycles. The van der Waals surface area contributed by atoms with Crippen molar-refractivity contribution in [2.75, 3.05) is 32.1 Å². The van der Waals surface area contributed by atoms with Crippen molar-refractivity contribution in [3.05, 3.63) is 99.4 Å². The highest BCUT2D eigenvalue weighted by Gasteiger charge is 2.18. The average molecular weight is 631 g/mol. The van der Waals surface area contributed by atoms with Crippen molar-refractivity contribution in [1.82, 2.24) is 24.4 Å². The molecule has 5 aromatic rings. The first-order valence-corrected chi connectivity index (χ1v) is 17.0. The van der Waals surface area contributed by atoms with Gasteiger partial charge in [-0.25, -0.2) is 9.97 Å². The van der Waals surface area contributed by atoms with Gasteiger partial charge in [0.15, 0.2) is 0 Å². The Kier molecular flexibility index (Phi) is 9.19. The van der Waals surface area contributed by atoms with E-state index in [0.29, 0.717) is 36.2 Å². The van der Waals surface area contributed by atoms with Gasteiger partial charge in [0.2, 0.25) is 5.95 Å². The van der Waals surface area contributed by atoms with Gasteiger partial charge in [-0.05, 0) is 87.4 Å². The minimum atomic E-state index is -0.188. The molecule has 0 amide bonds. The number of thiazole rings is 1. The molecule has 2 unspecified atom stereocenters. The Bertz CT molecular complexity index is 1920. The van der Waals surface area contributed by atoms with Gasteiger partial charge in [0.25, 0.3) is 5.56 Å². The normalized spacial score (nSPS) is 18.6. The van der Waals surface area contributed by atoms with Crippen LogP contribution in [-0.2, 0) is 17.7 Å². The summed E-state index contributed by atoms with van der Waals surface area (Å²) in [4.78, 5) is 30.5.